The molecule has 1 aromatic carbocycles. The van der Waals surface area contributed by atoms with Crippen LogP contribution in [-0.2, 0) is 26.2 Å². The molecule has 0 fully saturated rings. The first kappa shape index (κ1) is 20.4. The van der Waals surface area contributed by atoms with Gasteiger partial charge in [-0.1, -0.05) is 52.0 Å². The molecule has 0 amide bonds. The van der Waals surface area contributed by atoms with Crippen LogP contribution in [0.4, 0.5) is 0 Å². The van der Waals surface area contributed by atoms with Crippen molar-refractivity contribution in [3.8, 4) is 0 Å². The Kier molecular flexibility index (Phi) is 6.76. The Labute approximate surface area is 146 Å². The second-order valence-electron chi connectivity index (χ2n) is 8.76. The van der Waals surface area contributed by atoms with E-state index in [1.54, 1.807) is 0 Å². The summed E-state index contributed by atoms with van der Waals surface area (Å²) in [6.45, 7) is 14.0. The van der Waals surface area contributed by atoms with Gasteiger partial charge in [0.1, 0.15) is 11.4 Å². The average Bonchev–Trinajstić information content (AvgIpc) is 2.34. The lowest BCUT2D eigenvalue weighted by Crippen LogP contribution is -2.25. The van der Waals surface area contributed by atoms with Crippen LogP contribution in [0.1, 0.15) is 72.4 Å². The summed E-state index contributed by atoms with van der Waals surface area (Å²) in [5.74, 6) is -0.0758. The lowest BCUT2D eigenvalue weighted by Gasteiger charge is -2.21. The molecule has 0 radical (unpaired) electrons. The predicted octanol–water partition coefficient (Wildman–Crippen LogP) is 4.85. The molecule has 0 aliphatic heterocycles. The maximum absolute atomic E-state index is 12.2. The van der Waals surface area contributed by atoms with Crippen molar-refractivity contribution in [3.05, 3.63) is 35.4 Å². The number of hydrogen-bond donors (Lipinski definition) is 0. The van der Waals surface area contributed by atoms with E-state index in [4.69, 9.17) is 4.74 Å². The van der Waals surface area contributed by atoms with E-state index in [9.17, 15) is 9.59 Å². The molecule has 0 bridgehead atoms. The molecule has 0 aliphatic carbocycles. The second kappa shape index (κ2) is 7.96. The lowest BCUT2D eigenvalue weighted by molar-refractivity contribution is -0.155. The fraction of sp³-hybridized carbons (Fsp3) is 0.619. The molecule has 0 N–H and O–H groups in total. The highest BCUT2D eigenvalue weighted by molar-refractivity contribution is 5.81. The molecule has 0 saturated carbocycles. The molecule has 0 spiro atoms. The summed E-state index contributed by atoms with van der Waals surface area (Å²) in [4.78, 5) is 24.0. The first-order valence-corrected chi connectivity index (χ1v) is 8.70. The standard InChI is InChI=1S/C21H32O3/c1-15(13-19(23)24-21(5,6)7)12-18(22)14-16-8-10-17(11-9-16)20(2,3)4/h8-11,15H,12-14H2,1-7H3/t15-/m1/s1. The van der Waals surface area contributed by atoms with Gasteiger partial charge in [0.25, 0.3) is 0 Å². The molecular formula is C21H32O3. The number of ether oxygens (including phenoxy) is 1. The van der Waals surface area contributed by atoms with E-state index in [2.05, 4.69) is 32.9 Å². The van der Waals surface area contributed by atoms with E-state index in [1.165, 1.54) is 5.56 Å². The Morgan fingerprint density at radius 3 is 1.96 bits per heavy atom. The summed E-state index contributed by atoms with van der Waals surface area (Å²) in [7, 11) is 0. The molecule has 0 saturated heterocycles. The van der Waals surface area contributed by atoms with E-state index in [-0.39, 0.29) is 29.5 Å². The van der Waals surface area contributed by atoms with Crippen molar-refractivity contribution < 1.29 is 14.3 Å². The van der Waals surface area contributed by atoms with Crippen molar-refractivity contribution in [1.82, 2.24) is 0 Å². The second-order valence-corrected chi connectivity index (χ2v) is 8.76. The SMILES string of the molecule is C[C@H](CC(=O)Cc1ccc(C(C)(C)C)cc1)CC(=O)OC(C)(C)C. The van der Waals surface area contributed by atoms with Gasteiger partial charge in [0.05, 0.1) is 0 Å². The summed E-state index contributed by atoms with van der Waals surface area (Å²) < 4.78 is 5.30. The van der Waals surface area contributed by atoms with Gasteiger partial charge in [-0.3, -0.25) is 9.59 Å². The first-order chi connectivity index (χ1) is 10.9. The molecule has 24 heavy (non-hydrogen) atoms. The minimum atomic E-state index is -0.477. The van der Waals surface area contributed by atoms with Gasteiger partial charge in [-0.05, 0) is 43.2 Å². The third-order valence-electron chi connectivity index (χ3n) is 3.73. The minimum absolute atomic E-state index is 0.00111. The van der Waals surface area contributed by atoms with Gasteiger partial charge >= 0.3 is 5.97 Å². The summed E-state index contributed by atoms with van der Waals surface area (Å²) in [6.07, 6.45) is 1.11. The van der Waals surface area contributed by atoms with Crippen molar-refractivity contribution in [1.29, 1.82) is 0 Å². The average molecular weight is 332 g/mol. The number of carbonyl (C=O) groups is 2. The molecule has 3 heteroatoms. The highest BCUT2D eigenvalue weighted by Crippen LogP contribution is 2.22. The van der Waals surface area contributed by atoms with Crippen molar-refractivity contribution in [2.45, 2.75) is 78.7 Å². The van der Waals surface area contributed by atoms with E-state index in [0.29, 0.717) is 12.8 Å². The van der Waals surface area contributed by atoms with Gasteiger partial charge < -0.3 is 4.74 Å². The quantitative estimate of drug-likeness (QED) is 0.699. The highest BCUT2D eigenvalue weighted by Gasteiger charge is 2.20. The Balaban J connectivity index is 2.49. The Bertz CT molecular complexity index is 556. The van der Waals surface area contributed by atoms with Crippen molar-refractivity contribution in [3.63, 3.8) is 0 Å². The number of carbonyl (C=O) groups excluding carboxylic acids is 2. The number of ketones is 1. The predicted molar refractivity (Wildman–Crippen MR) is 98.1 cm³/mol. The van der Waals surface area contributed by atoms with Gasteiger partial charge in [-0.2, -0.15) is 0 Å². The van der Waals surface area contributed by atoms with Gasteiger partial charge in [0.15, 0.2) is 0 Å². The molecule has 0 aromatic heterocycles. The van der Waals surface area contributed by atoms with Gasteiger partial charge in [-0.15, -0.1) is 0 Å². The van der Waals surface area contributed by atoms with Crippen LogP contribution in [0, 0.1) is 5.92 Å². The van der Waals surface area contributed by atoms with Crippen molar-refractivity contribution in [2.75, 3.05) is 0 Å². The van der Waals surface area contributed by atoms with Crippen LogP contribution in [0.3, 0.4) is 0 Å². The molecule has 1 aromatic rings. The number of esters is 1. The fourth-order valence-electron chi connectivity index (χ4n) is 2.55. The molecule has 0 heterocycles. The van der Waals surface area contributed by atoms with Crippen LogP contribution >= 0.6 is 0 Å². The highest BCUT2D eigenvalue weighted by atomic mass is 16.6. The van der Waals surface area contributed by atoms with Crippen LogP contribution in [0.5, 0.6) is 0 Å². The van der Waals surface area contributed by atoms with Crippen molar-refractivity contribution in [2.24, 2.45) is 5.92 Å². The summed E-state index contributed by atoms with van der Waals surface area (Å²) in [5.41, 5.74) is 1.93. The summed E-state index contributed by atoms with van der Waals surface area (Å²) >= 11 is 0. The Morgan fingerprint density at radius 2 is 1.50 bits per heavy atom. The number of benzene rings is 1. The largest absolute Gasteiger partial charge is 0.460 e. The van der Waals surface area contributed by atoms with Crippen LogP contribution in [0.2, 0.25) is 0 Å². The van der Waals surface area contributed by atoms with Crippen LogP contribution in [0.25, 0.3) is 0 Å². The summed E-state index contributed by atoms with van der Waals surface area (Å²) in [5, 5.41) is 0. The molecular weight excluding hydrogens is 300 g/mol. The Hall–Kier alpha value is -1.64. The van der Waals surface area contributed by atoms with Crippen LogP contribution in [0.15, 0.2) is 24.3 Å². The first-order valence-electron chi connectivity index (χ1n) is 8.70. The lowest BCUT2D eigenvalue weighted by atomic mass is 9.86. The number of rotatable bonds is 6. The van der Waals surface area contributed by atoms with E-state index >= 15 is 0 Å². The van der Waals surface area contributed by atoms with E-state index < -0.39 is 5.60 Å². The third kappa shape index (κ3) is 7.76. The summed E-state index contributed by atoms with van der Waals surface area (Å²) in [6, 6.07) is 8.23. The molecule has 0 aliphatic rings. The minimum Gasteiger partial charge on any atom is -0.460 e. The zero-order valence-corrected chi connectivity index (χ0v) is 16.2. The number of Topliss-reactive ketones (excluding diaryl/α,β-unsaturated/α-hetero) is 1. The molecule has 134 valence electrons. The third-order valence-corrected chi connectivity index (χ3v) is 3.73. The van der Waals surface area contributed by atoms with Gasteiger partial charge in [0.2, 0.25) is 0 Å². The van der Waals surface area contributed by atoms with E-state index in [0.717, 1.165) is 5.56 Å². The van der Waals surface area contributed by atoms with Crippen LogP contribution in [-0.4, -0.2) is 17.4 Å². The van der Waals surface area contributed by atoms with Gasteiger partial charge in [0, 0.05) is 19.3 Å². The molecule has 1 atom stereocenters. The maximum Gasteiger partial charge on any atom is 0.306 e. The van der Waals surface area contributed by atoms with Crippen LogP contribution < -0.4 is 0 Å². The molecule has 3 nitrogen and oxygen atoms in total. The van der Waals surface area contributed by atoms with E-state index in [1.807, 2.05) is 39.8 Å². The Morgan fingerprint density at radius 1 is 0.958 bits per heavy atom. The zero-order valence-electron chi connectivity index (χ0n) is 16.2. The van der Waals surface area contributed by atoms with Gasteiger partial charge in [-0.25, -0.2) is 0 Å². The fourth-order valence-corrected chi connectivity index (χ4v) is 2.55. The maximum atomic E-state index is 12.2. The normalized spacial score (nSPS) is 13.5. The van der Waals surface area contributed by atoms with Crippen molar-refractivity contribution >= 4 is 11.8 Å². The topological polar surface area (TPSA) is 43.4 Å². The smallest absolute Gasteiger partial charge is 0.306 e. The monoisotopic (exact) mass is 332 g/mol. The molecule has 1 rings (SSSR count). The molecule has 0 unspecified atom stereocenters. The zero-order chi connectivity index (χ0) is 18.5. The number of hydrogen-bond acceptors (Lipinski definition) is 3.